The van der Waals surface area contributed by atoms with Crippen molar-refractivity contribution in [1.29, 1.82) is 0 Å². The number of phenolic OH excluding ortho intramolecular Hbond substituents is 1. The number of phenols is 1. The molecule has 5 rings (SSSR count). The third-order valence-electron chi connectivity index (χ3n) is 5.77. The maximum Gasteiger partial charge on any atom is 0.266 e. The fourth-order valence-electron chi connectivity index (χ4n) is 4.20. The molecule has 0 aromatic heterocycles. The maximum atomic E-state index is 13.5. The van der Waals surface area contributed by atoms with Gasteiger partial charge in [0.15, 0.2) is 6.10 Å². The molecule has 2 heterocycles. The number of fused-ring (bicyclic) bond motifs is 1. The van der Waals surface area contributed by atoms with Crippen LogP contribution in [0.5, 0.6) is 5.75 Å². The maximum absolute atomic E-state index is 13.5. The number of halogens is 1. The van der Waals surface area contributed by atoms with Gasteiger partial charge in [-0.25, -0.2) is 9.96 Å². The Morgan fingerprint density at radius 2 is 1.61 bits per heavy atom. The van der Waals surface area contributed by atoms with E-state index in [1.165, 1.54) is 0 Å². The van der Waals surface area contributed by atoms with Crippen molar-refractivity contribution in [3.63, 3.8) is 0 Å². The van der Waals surface area contributed by atoms with Gasteiger partial charge in [-0.05, 0) is 54.4 Å². The molecule has 0 saturated carbocycles. The van der Waals surface area contributed by atoms with Crippen molar-refractivity contribution in [2.45, 2.75) is 19.1 Å². The first kappa shape index (κ1) is 19.6. The number of hydrogen-bond acceptors (Lipinski definition) is 5. The molecule has 3 aromatic carbocycles. The molecule has 7 heteroatoms. The van der Waals surface area contributed by atoms with Gasteiger partial charge in [0, 0.05) is 5.02 Å². The number of hydrogen-bond donors (Lipinski definition) is 1. The smallest absolute Gasteiger partial charge is 0.266 e. The quantitative estimate of drug-likeness (QED) is 0.618. The van der Waals surface area contributed by atoms with E-state index in [1.807, 2.05) is 37.3 Å². The summed E-state index contributed by atoms with van der Waals surface area (Å²) in [5, 5.41) is 11.8. The molecule has 0 radical (unpaired) electrons. The van der Waals surface area contributed by atoms with Gasteiger partial charge in [0.05, 0.1) is 17.4 Å². The van der Waals surface area contributed by atoms with Crippen LogP contribution in [-0.4, -0.2) is 23.0 Å². The van der Waals surface area contributed by atoms with E-state index in [1.54, 1.807) is 47.5 Å². The summed E-state index contributed by atoms with van der Waals surface area (Å²) in [6.07, 6.45) is -0.952. The molecule has 31 heavy (non-hydrogen) atoms. The van der Waals surface area contributed by atoms with Crippen molar-refractivity contribution >= 4 is 34.8 Å². The molecular weight excluding hydrogens is 416 g/mol. The minimum atomic E-state index is -0.952. The third kappa shape index (κ3) is 3.15. The topological polar surface area (TPSA) is 70.1 Å². The van der Waals surface area contributed by atoms with Gasteiger partial charge in [-0.3, -0.25) is 14.4 Å². The predicted molar refractivity (Wildman–Crippen MR) is 117 cm³/mol. The summed E-state index contributed by atoms with van der Waals surface area (Å²) in [6, 6.07) is 20.5. The molecule has 3 unspecified atom stereocenters. The SMILES string of the molecule is Cc1ccc(N2C(=O)C3ON(c4ccccc4)C(c4ccc(O)cc4)C3C2=O)cc1Cl. The molecule has 2 amide bonds. The van der Waals surface area contributed by atoms with Crippen LogP contribution in [0.25, 0.3) is 0 Å². The summed E-state index contributed by atoms with van der Waals surface area (Å²) in [6.45, 7) is 1.86. The molecule has 6 nitrogen and oxygen atoms in total. The van der Waals surface area contributed by atoms with Crippen LogP contribution in [0.4, 0.5) is 11.4 Å². The first-order valence-electron chi connectivity index (χ1n) is 9.89. The van der Waals surface area contributed by atoms with Crippen LogP contribution < -0.4 is 9.96 Å². The van der Waals surface area contributed by atoms with Crippen LogP contribution in [0, 0.1) is 12.8 Å². The number of aryl methyl sites for hydroxylation is 1. The Balaban J connectivity index is 1.58. The lowest BCUT2D eigenvalue weighted by atomic mass is 9.90. The van der Waals surface area contributed by atoms with Gasteiger partial charge in [0.1, 0.15) is 11.7 Å². The highest BCUT2D eigenvalue weighted by Crippen LogP contribution is 2.47. The second-order valence-corrected chi connectivity index (χ2v) is 8.10. The van der Waals surface area contributed by atoms with Crippen molar-refractivity contribution < 1.29 is 19.5 Å². The minimum Gasteiger partial charge on any atom is -0.508 e. The number of aromatic hydroxyl groups is 1. The van der Waals surface area contributed by atoms with Crippen LogP contribution >= 0.6 is 11.6 Å². The molecule has 2 aliphatic rings. The van der Waals surface area contributed by atoms with Crippen molar-refractivity contribution in [2.24, 2.45) is 5.92 Å². The van der Waals surface area contributed by atoms with Crippen molar-refractivity contribution in [2.75, 3.05) is 9.96 Å². The summed E-state index contributed by atoms with van der Waals surface area (Å²) in [7, 11) is 0. The normalized spacial score (nSPS) is 22.8. The zero-order chi connectivity index (χ0) is 21.7. The van der Waals surface area contributed by atoms with Gasteiger partial charge in [-0.15, -0.1) is 0 Å². The Labute approximate surface area is 184 Å². The molecule has 2 fully saturated rings. The second-order valence-electron chi connectivity index (χ2n) is 7.69. The number of benzene rings is 3. The molecular formula is C24H19ClN2O4. The molecule has 0 spiro atoms. The Hall–Kier alpha value is -3.35. The number of anilines is 2. The molecule has 1 N–H and O–H groups in total. The van der Waals surface area contributed by atoms with Crippen molar-refractivity contribution in [3.8, 4) is 5.75 Å². The van der Waals surface area contributed by atoms with E-state index in [4.69, 9.17) is 16.4 Å². The van der Waals surface area contributed by atoms with Gasteiger partial charge in [-0.2, -0.15) is 0 Å². The summed E-state index contributed by atoms with van der Waals surface area (Å²) in [5.74, 6) is -1.38. The second kappa shape index (κ2) is 7.41. The highest BCUT2D eigenvalue weighted by molar-refractivity contribution is 6.32. The zero-order valence-corrected chi connectivity index (χ0v) is 17.4. The lowest BCUT2D eigenvalue weighted by molar-refractivity contribution is -0.126. The number of imide groups is 1. The van der Waals surface area contributed by atoms with E-state index in [2.05, 4.69) is 0 Å². The van der Waals surface area contributed by atoms with Gasteiger partial charge in [0.2, 0.25) is 5.91 Å². The Kier molecular flexibility index (Phi) is 4.68. The summed E-state index contributed by atoms with van der Waals surface area (Å²) < 4.78 is 0. The largest absolute Gasteiger partial charge is 0.508 e. The van der Waals surface area contributed by atoms with Crippen LogP contribution in [0.15, 0.2) is 72.8 Å². The Morgan fingerprint density at radius 1 is 0.903 bits per heavy atom. The molecule has 2 saturated heterocycles. The average molecular weight is 435 g/mol. The minimum absolute atomic E-state index is 0.121. The van der Waals surface area contributed by atoms with Crippen molar-refractivity contribution in [3.05, 3.63) is 88.9 Å². The highest BCUT2D eigenvalue weighted by Gasteiger charge is 2.60. The molecule has 3 aromatic rings. The van der Waals surface area contributed by atoms with E-state index in [9.17, 15) is 14.7 Å². The highest BCUT2D eigenvalue weighted by atomic mass is 35.5. The van der Waals surface area contributed by atoms with Gasteiger partial charge in [0.25, 0.3) is 5.91 Å². The van der Waals surface area contributed by atoms with E-state index in [-0.39, 0.29) is 11.7 Å². The lowest BCUT2D eigenvalue weighted by Crippen LogP contribution is -2.37. The number of rotatable bonds is 3. The van der Waals surface area contributed by atoms with Gasteiger partial charge < -0.3 is 5.11 Å². The summed E-state index contributed by atoms with van der Waals surface area (Å²) in [5.41, 5.74) is 2.79. The fraction of sp³-hybridized carbons (Fsp3) is 0.167. The van der Waals surface area contributed by atoms with Gasteiger partial charge in [-0.1, -0.05) is 48.0 Å². The molecule has 2 aliphatic heterocycles. The van der Waals surface area contributed by atoms with E-state index in [0.29, 0.717) is 10.7 Å². The lowest BCUT2D eigenvalue weighted by Gasteiger charge is -2.28. The average Bonchev–Trinajstić information content (AvgIpc) is 3.28. The molecule has 0 aliphatic carbocycles. The van der Waals surface area contributed by atoms with Crippen LogP contribution in [0.2, 0.25) is 5.02 Å². The van der Waals surface area contributed by atoms with Gasteiger partial charge >= 0.3 is 0 Å². The Bertz CT molecular complexity index is 1170. The van der Waals surface area contributed by atoms with Crippen LogP contribution in [0.1, 0.15) is 17.2 Å². The van der Waals surface area contributed by atoms with Crippen LogP contribution in [0.3, 0.4) is 0 Å². The van der Waals surface area contributed by atoms with E-state index < -0.39 is 24.0 Å². The molecule has 156 valence electrons. The zero-order valence-electron chi connectivity index (χ0n) is 16.6. The number of hydroxylamine groups is 1. The first-order chi connectivity index (χ1) is 15.0. The number of carbonyl (C=O) groups excluding carboxylic acids is 2. The Morgan fingerprint density at radius 3 is 2.29 bits per heavy atom. The first-order valence-corrected chi connectivity index (χ1v) is 10.3. The third-order valence-corrected chi connectivity index (χ3v) is 6.18. The fourth-order valence-corrected chi connectivity index (χ4v) is 4.37. The number of nitrogens with zero attached hydrogens (tertiary/aromatic N) is 2. The summed E-state index contributed by atoms with van der Waals surface area (Å²) in [4.78, 5) is 34.0. The van der Waals surface area contributed by atoms with Crippen LogP contribution in [-0.2, 0) is 14.4 Å². The molecule has 3 atom stereocenters. The van der Waals surface area contributed by atoms with E-state index in [0.717, 1.165) is 21.7 Å². The monoisotopic (exact) mass is 434 g/mol. The number of carbonyl (C=O) groups is 2. The molecule has 0 bridgehead atoms. The number of amides is 2. The standard InChI is InChI=1S/C24H19ClN2O4/c1-14-7-10-17(13-19(14)25)26-23(29)20-21(15-8-11-18(28)12-9-15)27(31-22(20)24(26)30)16-5-3-2-4-6-16/h2-13,20-22,28H,1H3. The number of para-hydroxylation sites is 1. The van der Waals surface area contributed by atoms with E-state index >= 15 is 0 Å². The predicted octanol–water partition coefficient (Wildman–Crippen LogP) is 4.41. The summed E-state index contributed by atoms with van der Waals surface area (Å²) >= 11 is 6.24. The van der Waals surface area contributed by atoms with Crippen molar-refractivity contribution in [1.82, 2.24) is 0 Å².